The highest BCUT2D eigenvalue weighted by atomic mass is 127. The van der Waals surface area contributed by atoms with Gasteiger partial charge in [0.1, 0.15) is 6.61 Å². The lowest BCUT2D eigenvalue weighted by atomic mass is 10.1. The molecule has 1 N–H and O–H groups in total. The lowest BCUT2D eigenvalue weighted by Gasteiger charge is -2.15. The van der Waals surface area contributed by atoms with Crippen molar-refractivity contribution in [2.45, 2.75) is 13.5 Å². The Morgan fingerprint density at radius 3 is 2.54 bits per heavy atom. The van der Waals surface area contributed by atoms with Crippen LogP contribution in [0.4, 0.5) is 10.5 Å². The predicted molar refractivity (Wildman–Crippen MR) is 143 cm³/mol. The minimum Gasteiger partial charge on any atom is -0.490 e. The van der Waals surface area contributed by atoms with Crippen molar-refractivity contribution in [3.05, 3.63) is 91.9 Å². The molecule has 2 amide bonds. The van der Waals surface area contributed by atoms with E-state index in [-0.39, 0.29) is 23.3 Å². The quantitative estimate of drug-likeness (QED) is 0.243. The molecule has 1 heterocycles. The SMILES string of the molecule is CCOc1cc(/C=C2/SC(=O)N(c3ccccc3)C2=O)cc(I)c1OCc1cccc(C(=O)O)c1. The molecule has 4 rings (SSSR count). The smallest absolute Gasteiger partial charge is 0.335 e. The number of carboxylic acid groups (broad SMARTS) is 1. The Bertz CT molecular complexity index is 1320. The summed E-state index contributed by atoms with van der Waals surface area (Å²) in [4.78, 5) is 38.1. The van der Waals surface area contributed by atoms with E-state index in [0.29, 0.717) is 39.8 Å². The maximum Gasteiger partial charge on any atom is 0.335 e. The van der Waals surface area contributed by atoms with Gasteiger partial charge in [-0.2, -0.15) is 0 Å². The molecular weight excluding hydrogens is 581 g/mol. The third-order valence-corrected chi connectivity index (χ3v) is 6.67. The van der Waals surface area contributed by atoms with Gasteiger partial charge >= 0.3 is 5.97 Å². The number of amides is 2. The van der Waals surface area contributed by atoms with Crippen molar-refractivity contribution in [3.8, 4) is 11.5 Å². The molecule has 0 aromatic heterocycles. The van der Waals surface area contributed by atoms with E-state index >= 15 is 0 Å². The summed E-state index contributed by atoms with van der Waals surface area (Å²) in [5.74, 6) is -0.375. The number of hydrogen-bond donors (Lipinski definition) is 1. The van der Waals surface area contributed by atoms with Crippen LogP contribution in [0.3, 0.4) is 0 Å². The number of nitrogens with zero attached hydrogens (tertiary/aromatic N) is 1. The molecule has 1 aliphatic heterocycles. The van der Waals surface area contributed by atoms with Gasteiger partial charge in [0.25, 0.3) is 11.1 Å². The molecule has 1 fully saturated rings. The van der Waals surface area contributed by atoms with E-state index in [2.05, 4.69) is 22.6 Å². The average Bonchev–Trinajstić information content (AvgIpc) is 3.12. The van der Waals surface area contributed by atoms with E-state index in [1.165, 1.54) is 6.07 Å². The molecule has 1 saturated heterocycles. The van der Waals surface area contributed by atoms with Gasteiger partial charge in [-0.1, -0.05) is 30.3 Å². The van der Waals surface area contributed by atoms with Crippen molar-refractivity contribution in [2.75, 3.05) is 11.5 Å². The number of carbonyl (C=O) groups is 3. The summed E-state index contributed by atoms with van der Waals surface area (Å²) in [5, 5.41) is 8.85. The van der Waals surface area contributed by atoms with E-state index in [0.717, 1.165) is 20.2 Å². The molecule has 7 nitrogen and oxygen atoms in total. The number of carbonyl (C=O) groups excluding carboxylic acids is 2. The number of imide groups is 1. The first-order chi connectivity index (χ1) is 16.9. The fourth-order valence-electron chi connectivity index (χ4n) is 3.44. The van der Waals surface area contributed by atoms with Crippen LogP contribution < -0.4 is 14.4 Å². The number of halogens is 1. The van der Waals surface area contributed by atoms with Crippen LogP contribution in [0.25, 0.3) is 6.08 Å². The second-order valence-electron chi connectivity index (χ2n) is 7.41. The van der Waals surface area contributed by atoms with E-state index in [1.54, 1.807) is 54.6 Å². The van der Waals surface area contributed by atoms with Crippen molar-refractivity contribution in [3.63, 3.8) is 0 Å². The second kappa shape index (κ2) is 11.0. The number of aromatic carboxylic acids is 1. The number of hydrogen-bond acceptors (Lipinski definition) is 6. The van der Waals surface area contributed by atoms with Crippen molar-refractivity contribution < 1.29 is 29.0 Å². The van der Waals surface area contributed by atoms with Crippen molar-refractivity contribution in [1.82, 2.24) is 0 Å². The highest BCUT2D eigenvalue weighted by Gasteiger charge is 2.36. The minimum atomic E-state index is -1.00. The van der Waals surface area contributed by atoms with Crippen LogP contribution >= 0.6 is 34.4 Å². The van der Waals surface area contributed by atoms with Crippen molar-refractivity contribution in [2.24, 2.45) is 0 Å². The molecule has 0 atom stereocenters. The zero-order chi connectivity index (χ0) is 24.9. The van der Waals surface area contributed by atoms with Gasteiger partial charge in [-0.3, -0.25) is 9.59 Å². The molecule has 9 heteroatoms. The van der Waals surface area contributed by atoms with E-state index in [4.69, 9.17) is 9.47 Å². The Morgan fingerprint density at radius 1 is 1.06 bits per heavy atom. The van der Waals surface area contributed by atoms with Crippen LogP contribution in [0.5, 0.6) is 11.5 Å². The molecule has 3 aromatic rings. The monoisotopic (exact) mass is 601 g/mol. The zero-order valence-electron chi connectivity index (χ0n) is 18.6. The van der Waals surface area contributed by atoms with Gasteiger partial charge in [0.2, 0.25) is 0 Å². The Morgan fingerprint density at radius 2 is 1.83 bits per heavy atom. The van der Waals surface area contributed by atoms with E-state index in [9.17, 15) is 19.5 Å². The first-order valence-corrected chi connectivity index (χ1v) is 12.5. The van der Waals surface area contributed by atoms with Gasteiger partial charge in [0, 0.05) is 0 Å². The molecule has 178 valence electrons. The number of carboxylic acids is 1. The van der Waals surface area contributed by atoms with Crippen LogP contribution in [-0.2, 0) is 11.4 Å². The highest BCUT2D eigenvalue weighted by molar-refractivity contribution is 14.1. The fraction of sp³-hybridized carbons (Fsp3) is 0.115. The second-order valence-corrected chi connectivity index (χ2v) is 9.57. The molecule has 1 aliphatic rings. The van der Waals surface area contributed by atoms with Gasteiger partial charge < -0.3 is 14.6 Å². The maximum atomic E-state index is 12.9. The summed E-state index contributed by atoms with van der Waals surface area (Å²) in [6.07, 6.45) is 1.67. The molecule has 3 aromatic carbocycles. The van der Waals surface area contributed by atoms with Crippen LogP contribution in [0.1, 0.15) is 28.4 Å². The van der Waals surface area contributed by atoms with Gasteiger partial charge in [0.15, 0.2) is 11.5 Å². The predicted octanol–water partition coefficient (Wildman–Crippen LogP) is 6.21. The summed E-state index contributed by atoms with van der Waals surface area (Å²) >= 11 is 3.01. The van der Waals surface area contributed by atoms with Gasteiger partial charge in [-0.15, -0.1) is 0 Å². The topological polar surface area (TPSA) is 93.1 Å². The average molecular weight is 601 g/mol. The summed E-state index contributed by atoms with van der Waals surface area (Å²) in [7, 11) is 0. The number of thioether (sulfide) groups is 1. The Hall–Kier alpha value is -3.31. The normalized spacial score (nSPS) is 14.5. The molecule has 0 unspecified atom stereocenters. The maximum absolute atomic E-state index is 12.9. The molecular formula is C26H20INO6S. The van der Waals surface area contributed by atoms with Crippen LogP contribution in [0.15, 0.2) is 71.6 Å². The van der Waals surface area contributed by atoms with Crippen LogP contribution in [-0.4, -0.2) is 28.8 Å². The van der Waals surface area contributed by atoms with Gasteiger partial charge in [-0.05, 0) is 94.9 Å². The molecule has 0 spiro atoms. The summed E-state index contributed by atoms with van der Waals surface area (Å²) in [6.45, 7) is 2.41. The lowest BCUT2D eigenvalue weighted by molar-refractivity contribution is -0.113. The zero-order valence-corrected chi connectivity index (χ0v) is 21.5. The summed E-state index contributed by atoms with van der Waals surface area (Å²) < 4.78 is 12.5. The number of rotatable bonds is 8. The van der Waals surface area contributed by atoms with E-state index in [1.807, 2.05) is 19.1 Å². The Labute approximate surface area is 219 Å². The molecule has 0 aliphatic carbocycles. The molecule has 0 bridgehead atoms. The first-order valence-electron chi connectivity index (χ1n) is 10.6. The minimum absolute atomic E-state index is 0.159. The first kappa shape index (κ1) is 24.8. The lowest BCUT2D eigenvalue weighted by Crippen LogP contribution is -2.27. The third kappa shape index (κ3) is 5.68. The largest absolute Gasteiger partial charge is 0.490 e. The number of ether oxygens (including phenoxy) is 2. The number of para-hydroxylation sites is 1. The van der Waals surface area contributed by atoms with Gasteiger partial charge in [0.05, 0.1) is 26.3 Å². The summed E-state index contributed by atoms with van der Waals surface area (Å²) in [5.41, 5.74) is 2.11. The Balaban J connectivity index is 1.59. The number of anilines is 1. The standard InChI is InChI=1S/C26H20INO6S/c1-2-33-21-13-17(14-22-24(29)28(26(32)35-22)19-9-4-3-5-10-19)12-20(27)23(21)34-15-16-7-6-8-18(11-16)25(30)31/h3-14H,2,15H2,1H3,(H,30,31)/b22-14+. The molecule has 0 radical (unpaired) electrons. The number of benzene rings is 3. The Kier molecular flexibility index (Phi) is 7.76. The molecule has 0 saturated carbocycles. The fourth-order valence-corrected chi connectivity index (χ4v) is 5.07. The summed E-state index contributed by atoms with van der Waals surface area (Å²) in [6, 6.07) is 18.9. The van der Waals surface area contributed by atoms with Crippen molar-refractivity contribution in [1.29, 1.82) is 0 Å². The molecule has 35 heavy (non-hydrogen) atoms. The third-order valence-electron chi connectivity index (χ3n) is 4.99. The van der Waals surface area contributed by atoms with Gasteiger partial charge in [-0.25, -0.2) is 9.69 Å². The van der Waals surface area contributed by atoms with Crippen molar-refractivity contribution >= 4 is 63.2 Å². The van der Waals surface area contributed by atoms with Crippen LogP contribution in [0, 0.1) is 3.57 Å². The highest BCUT2D eigenvalue weighted by Crippen LogP contribution is 2.39. The van der Waals surface area contributed by atoms with E-state index < -0.39 is 5.97 Å². The van der Waals surface area contributed by atoms with Crippen LogP contribution in [0.2, 0.25) is 0 Å².